The number of methoxy groups -OCH3 is 1. The molecular formula is C16H26N2O4S. The molecule has 0 aromatic heterocycles. The van der Waals surface area contributed by atoms with Crippen LogP contribution >= 0.6 is 0 Å². The lowest BCUT2D eigenvalue weighted by Gasteiger charge is -2.18. The van der Waals surface area contributed by atoms with E-state index in [2.05, 4.69) is 5.32 Å². The second-order valence-electron chi connectivity index (χ2n) is 5.32. The molecule has 0 aliphatic carbocycles. The molecule has 0 atom stereocenters. The molecule has 0 aliphatic rings. The molecule has 0 heterocycles. The van der Waals surface area contributed by atoms with E-state index in [1.54, 1.807) is 7.11 Å². The smallest absolute Gasteiger partial charge is 0.221 e. The molecule has 0 aliphatic heterocycles. The van der Waals surface area contributed by atoms with Gasteiger partial charge in [-0.2, -0.15) is 0 Å². The minimum Gasteiger partial charge on any atom is -0.496 e. The first-order chi connectivity index (χ1) is 10.9. The highest BCUT2D eigenvalue weighted by atomic mass is 32.2. The van der Waals surface area contributed by atoms with E-state index in [1.807, 2.05) is 31.2 Å². The molecule has 1 N–H and O–H groups in total. The molecule has 1 aromatic rings. The number of carbonyl (C=O) groups excluding carboxylic acids is 1. The topological polar surface area (TPSA) is 75.7 Å². The van der Waals surface area contributed by atoms with E-state index >= 15 is 0 Å². The van der Waals surface area contributed by atoms with Gasteiger partial charge in [0.25, 0.3) is 0 Å². The Morgan fingerprint density at radius 3 is 2.57 bits per heavy atom. The van der Waals surface area contributed by atoms with Crippen molar-refractivity contribution in [2.24, 2.45) is 0 Å². The van der Waals surface area contributed by atoms with Gasteiger partial charge in [0.15, 0.2) is 0 Å². The van der Waals surface area contributed by atoms with Crippen molar-refractivity contribution in [2.45, 2.75) is 26.2 Å². The third-order valence-corrected chi connectivity index (χ3v) is 4.74. The van der Waals surface area contributed by atoms with Gasteiger partial charge in [0, 0.05) is 26.1 Å². The van der Waals surface area contributed by atoms with Gasteiger partial charge >= 0.3 is 0 Å². The molecular weight excluding hydrogens is 316 g/mol. The molecule has 130 valence electrons. The fourth-order valence-electron chi connectivity index (χ4n) is 2.25. The Labute approximate surface area is 138 Å². The molecule has 0 spiro atoms. The predicted molar refractivity (Wildman–Crippen MR) is 91.0 cm³/mol. The lowest BCUT2D eigenvalue weighted by atomic mass is 10.1. The summed E-state index contributed by atoms with van der Waals surface area (Å²) in [6.45, 7) is 3.05. The second-order valence-corrected chi connectivity index (χ2v) is 7.31. The van der Waals surface area contributed by atoms with Crippen LogP contribution in [0.3, 0.4) is 0 Å². The van der Waals surface area contributed by atoms with Gasteiger partial charge in [-0.25, -0.2) is 12.7 Å². The summed E-state index contributed by atoms with van der Waals surface area (Å²) < 4.78 is 29.8. The maximum atomic E-state index is 11.9. The van der Waals surface area contributed by atoms with Gasteiger partial charge in [0.2, 0.25) is 15.9 Å². The molecule has 0 unspecified atom stereocenters. The van der Waals surface area contributed by atoms with Gasteiger partial charge in [-0.15, -0.1) is 0 Å². The van der Waals surface area contributed by atoms with E-state index in [4.69, 9.17) is 4.74 Å². The average molecular weight is 342 g/mol. The molecule has 1 aromatic carbocycles. The second kappa shape index (κ2) is 9.52. The van der Waals surface area contributed by atoms with Crippen LogP contribution < -0.4 is 10.1 Å². The zero-order valence-corrected chi connectivity index (χ0v) is 14.9. The third kappa shape index (κ3) is 7.00. The Morgan fingerprint density at radius 2 is 1.96 bits per heavy atom. The van der Waals surface area contributed by atoms with Crippen LogP contribution in [0.15, 0.2) is 24.3 Å². The zero-order valence-electron chi connectivity index (χ0n) is 14.0. The summed E-state index contributed by atoms with van der Waals surface area (Å²) in [6.07, 6.45) is 2.73. The highest BCUT2D eigenvalue weighted by Crippen LogP contribution is 2.17. The first-order valence-electron chi connectivity index (χ1n) is 7.72. The van der Waals surface area contributed by atoms with Crippen molar-refractivity contribution < 1.29 is 17.9 Å². The Balaban J connectivity index is 2.39. The van der Waals surface area contributed by atoms with Crippen LogP contribution in [-0.4, -0.2) is 51.6 Å². The van der Waals surface area contributed by atoms with Crippen molar-refractivity contribution >= 4 is 15.9 Å². The lowest BCUT2D eigenvalue weighted by Crippen LogP contribution is -2.35. The number of ether oxygens (including phenoxy) is 1. The molecule has 0 saturated heterocycles. The van der Waals surface area contributed by atoms with Gasteiger partial charge in [-0.1, -0.05) is 25.1 Å². The number of carbonyl (C=O) groups is 1. The molecule has 0 saturated carbocycles. The minimum atomic E-state index is -3.26. The van der Waals surface area contributed by atoms with Gasteiger partial charge in [-0.3, -0.25) is 4.79 Å². The molecule has 1 amide bonds. The highest BCUT2D eigenvalue weighted by molar-refractivity contribution is 7.88. The molecule has 0 radical (unpaired) electrons. The van der Waals surface area contributed by atoms with E-state index in [1.165, 1.54) is 10.6 Å². The van der Waals surface area contributed by atoms with Crippen molar-refractivity contribution in [2.75, 3.05) is 33.0 Å². The van der Waals surface area contributed by atoms with Crippen molar-refractivity contribution in [1.29, 1.82) is 0 Å². The third-order valence-electron chi connectivity index (χ3n) is 3.44. The number of para-hydroxylation sites is 1. The van der Waals surface area contributed by atoms with Crippen LogP contribution in [0, 0.1) is 0 Å². The van der Waals surface area contributed by atoms with E-state index in [9.17, 15) is 13.2 Å². The fourth-order valence-corrected chi connectivity index (χ4v) is 3.19. The Kier molecular flexibility index (Phi) is 8.05. The quantitative estimate of drug-likeness (QED) is 0.698. The number of nitrogens with one attached hydrogen (secondary N) is 1. The highest BCUT2D eigenvalue weighted by Gasteiger charge is 2.16. The number of rotatable bonds is 10. The largest absolute Gasteiger partial charge is 0.496 e. The standard InChI is InChI=1S/C16H26N2O4S/c1-4-12-18(23(3,20)21)13-10-16(19)17-11-9-14-7-5-6-8-15(14)22-2/h5-8H,4,9-13H2,1-3H3,(H,17,19). The monoisotopic (exact) mass is 342 g/mol. The Hall–Kier alpha value is -1.60. The predicted octanol–water partition coefficient (Wildman–Crippen LogP) is 1.42. The molecule has 6 nitrogen and oxygen atoms in total. The fraction of sp³-hybridized carbons (Fsp3) is 0.562. The Bertz CT molecular complexity index is 602. The SMILES string of the molecule is CCCN(CCC(=O)NCCc1ccccc1OC)S(C)(=O)=O. The summed E-state index contributed by atoms with van der Waals surface area (Å²) in [6, 6.07) is 7.66. The molecule has 1 rings (SSSR count). The van der Waals surface area contributed by atoms with Crippen LogP contribution in [-0.2, 0) is 21.2 Å². The molecule has 7 heteroatoms. The zero-order chi connectivity index (χ0) is 17.3. The summed E-state index contributed by atoms with van der Waals surface area (Å²) in [7, 11) is -1.64. The molecule has 0 bridgehead atoms. The van der Waals surface area contributed by atoms with Crippen molar-refractivity contribution in [3.05, 3.63) is 29.8 Å². The van der Waals surface area contributed by atoms with Crippen LogP contribution in [0.1, 0.15) is 25.3 Å². The van der Waals surface area contributed by atoms with E-state index in [0.717, 1.165) is 17.7 Å². The average Bonchev–Trinajstić information content (AvgIpc) is 2.50. The summed E-state index contributed by atoms with van der Waals surface area (Å²) in [5, 5.41) is 2.82. The van der Waals surface area contributed by atoms with Gasteiger partial charge in [0.05, 0.1) is 13.4 Å². The maximum Gasteiger partial charge on any atom is 0.221 e. The van der Waals surface area contributed by atoms with Crippen LogP contribution in [0.2, 0.25) is 0 Å². The maximum absolute atomic E-state index is 11.9. The van der Waals surface area contributed by atoms with Crippen molar-refractivity contribution in [3.8, 4) is 5.75 Å². The number of benzene rings is 1. The normalized spacial score (nSPS) is 11.5. The Morgan fingerprint density at radius 1 is 1.26 bits per heavy atom. The van der Waals surface area contributed by atoms with Crippen molar-refractivity contribution in [1.82, 2.24) is 9.62 Å². The lowest BCUT2D eigenvalue weighted by molar-refractivity contribution is -0.121. The van der Waals surface area contributed by atoms with Crippen LogP contribution in [0.5, 0.6) is 5.75 Å². The number of nitrogens with zero attached hydrogens (tertiary/aromatic N) is 1. The van der Waals surface area contributed by atoms with Gasteiger partial charge < -0.3 is 10.1 Å². The summed E-state index contributed by atoms with van der Waals surface area (Å²) in [5.41, 5.74) is 1.03. The van der Waals surface area contributed by atoms with E-state index in [-0.39, 0.29) is 18.9 Å². The van der Waals surface area contributed by atoms with Crippen LogP contribution in [0.25, 0.3) is 0 Å². The molecule has 23 heavy (non-hydrogen) atoms. The summed E-state index contributed by atoms with van der Waals surface area (Å²) in [5.74, 6) is 0.651. The summed E-state index contributed by atoms with van der Waals surface area (Å²) in [4.78, 5) is 11.9. The molecule has 0 fully saturated rings. The van der Waals surface area contributed by atoms with Gasteiger partial charge in [-0.05, 0) is 24.5 Å². The van der Waals surface area contributed by atoms with E-state index < -0.39 is 10.0 Å². The first kappa shape index (κ1) is 19.4. The number of hydrogen-bond donors (Lipinski definition) is 1. The number of hydrogen-bond acceptors (Lipinski definition) is 4. The number of sulfonamides is 1. The first-order valence-corrected chi connectivity index (χ1v) is 9.57. The van der Waals surface area contributed by atoms with Crippen LogP contribution in [0.4, 0.5) is 0 Å². The minimum absolute atomic E-state index is 0.148. The van der Waals surface area contributed by atoms with E-state index in [0.29, 0.717) is 19.5 Å². The number of amides is 1. The van der Waals surface area contributed by atoms with Crippen molar-refractivity contribution in [3.63, 3.8) is 0 Å². The summed E-state index contributed by atoms with van der Waals surface area (Å²) >= 11 is 0. The van der Waals surface area contributed by atoms with Gasteiger partial charge in [0.1, 0.15) is 5.75 Å².